The van der Waals surface area contributed by atoms with E-state index in [-0.39, 0.29) is 18.4 Å². The number of likely N-dealkylation sites (N-methyl/N-ethyl adjacent to an activating group) is 1. The third-order valence-electron chi connectivity index (χ3n) is 7.19. The van der Waals surface area contributed by atoms with E-state index in [0.717, 1.165) is 59.4 Å². The van der Waals surface area contributed by atoms with E-state index in [1.807, 2.05) is 43.3 Å². The Hall–Kier alpha value is -3.80. The van der Waals surface area contributed by atoms with Crippen molar-refractivity contribution in [2.75, 3.05) is 42.4 Å². The van der Waals surface area contributed by atoms with Gasteiger partial charge in [0.1, 0.15) is 6.54 Å². The van der Waals surface area contributed by atoms with E-state index in [1.54, 1.807) is 11.9 Å². The monoisotopic (exact) mass is 499 g/mol. The third-order valence-corrected chi connectivity index (χ3v) is 7.19. The average Bonchev–Trinajstić information content (AvgIpc) is 2.92. The molecule has 1 fully saturated rings. The Morgan fingerprint density at radius 1 is 0.784 bits per heavy atom. The quantitative estimate of drug-likeness (QED) is 0.388. The number of carboxylic acid groups (broad SMARTS) is 1. The van der Waals surface area contributed by atoms with Gasteiger partial charge in [0, 0.05) is 44.1 Å². The number of amides is 1. The van der Waals surface area contributed by atoms with Crippen LogP contribution >= 0.6 is 0 Å². The minimum Gasteiger partial charge on any atom is -0.480 e. The molecule has 0 atom stereocenters. The molecule has 37 heavy (non-hydrogen) atoms. The molecule has 3 aromatic carbocycles. The first kappa shape index (κ1) is 26.3. The lowest BCUT2D eigenvalue weighted by atomic mass is 9.88. The highest BCUT2D eigenvalue weighted by atomic mass is 16.4. The summed E-state index contributed by atoms with van der Waals surface area (Å²) in [4.78, 5) is 30.6. The van der Waals surface area contributed by atoms with Gasteiger partial charge in [-0.3, -0.25) is 9.59 Å². The van der Waals surface area contributed by atoms with Crippen molar-refractivity contribution in [1.82, 2.24) is 0 Å². The number of carbonyl (C=O) groups is 2. The zero-order valence-corrected chi connectivity index (χ0v) is 22.1. The van der Waals surface area contributed by atoms with Crippen molar-refractivity contribution < 1.29 is 14.7 Å². The summed E-state index contributed by atoms with van der Waals surface area (Å²) in [7, 11) is 5.82. The van der Waals surface area contributed by atoms with Crippen LogP contribution in [0.3, 0.4) is 0 Å². The lowest BCUT2D eigenvalue weighted by Crippen LogP contribution is -2.37. The Bertz CT molecular complexity index is 1200. The number of benzene rings is 3. The van der Waals surface area contributed by atoms with Gasteiger partial charge in [-0.05, 0) is 59.9 Å². The second-order valence-corrected chi connectivity index (χ2v) is 10.2. The Morgan fingerprint density at radius 3 is 1.97 bits per heavy atom. The molecule has 194 valence electrons. The fourth-order valence-electron chi connectivity index (χ4n) is 5.00. The predicted octanol–water partition coefficient (Wildman–Crippen LogP) is 6.05. The number of anilines is 3. The summed E-state index contributed by atoms with van der Waals surface area (Å²) in [6.07, 6.45) is 5.22. The van der Waals surface area contributed by atoms with Gasteiger partial charge in [-0.1, -0.05) is 61.7 Å². The van der Waals surface area contributed by atoms with E-state index in [1.165, 1.54) is 6.42 Å². The molecule has 0 spiro atoms. The molecule has 0 heterocycles. The van der Waals surface area contributed by atoms with Gasteiger partial charge in [0.25, 0.3) is 0 Å². The van der Waals surface area contributed by atoms with Crippen LogP contribution in [0.5, 0.6) is 0 Å². The summed E-state index contributed by atoms with van der Waals surface area (Å²) in [5.41, 5.74) is 6.08. The second kappa shape index (κ2) is 12.0. The highest BCUT2D eigenvalue weighted by Gasteiger charge is 2.27. The van der Waals surface area contributed by atoms with Crippen LogP contribution < -0.4 is 14.7 Å². The first-order valence-corrected chi connectivity index (χ1v) is 13.0. The largest absolute Gasteiger partial charge is 0.480 e. The summed E-state index contributed by atoms with van der Waals surface area (Å²) in [5, 5.41) is 9.21. The zero-order chi connectivity index (χ0) is 26.4. The molecule has 1 N–H and O–H groups in total. The zero-order valence-electron chi connectivity index (χ0n) is 22.1. The van der Waals surface area contributed by atoms with E-state index in [9.17, 15) is 14.7 Å². The van der Waals surface area contributed by atoms with Gasteiger partial charge < -0.3 is 19.8 Å². The van der Waals surface area contributed by atoms with Crippen molar-refractivity contribution in [2.45, 2.75) is 38.6 Å². The molecule has 1 amide bonds. The highest BCUT2D eigenvalue weighted by molar-refractivity contribution is 5.95. The Kier molecular flexibility index (Phi) is 8.49. The molecule has 3 aromatic rings. The maximum Gasteiger partial charge on any atom is 0.323 e. The number of nitrogens with zero attached hydrogens (tertiary/aromatic N) is 3. The fraction of sp³-hybridized carbons (Fsp3) is 0.355. The average molecular weight is 500 g/mol. The van der Waals surface area contributed by atoms with E-state index in [2.05, 4.69) is 53.4 Å². The molecule has 1 saturated carbocycles. The molecule has 0 bridgehead atoms. The normalized spacial score (nSPS) is 13.7. The minimum absolute atomic E-state index is 0.0311. The van der Waals surface area contributed by atoms with Crippen LogP contribution in [0.1, 0.15) is 37.7 Å². The summed E-state index contributed by atoms with van der Waals surface area (Å²) in [6, 6.07) is 24.5. The predicted molar refractivity (Wildman–Crippen MR) is 151 cm³/mol. The molecule has 4 rings (SSSR count). The van der Waals surface area contributed by atoms with Gasteiger partial charge in [0.05, 0.1) is 6.54 Å². The summed E-state index contributed by atoms with van der Waals surface area (Å²) in [6.45, 7) is 0.373. The number of hydrogen-bond donors (Lipinski definition) is 1. The molecule has 0 unspecified atom stereocenters. The van der Waals surface area contributed by atoms with E-state index in [4.69, 9.17) is 0 Å². The van der Waals surface area contributed by atoms with Crippen LogP contribution in [0.25, 0.3) is 11.1 Å². The minimum atomic E-state index is -0.889. The molecule has 0 radical (unpaired) electrons. The molecule has 1 aliphatic rings. The van der Waals surface area contributed by atoms with Crippen LogP contribution in [-0.4, -0.2) is 44.7 Å². The highest BCUT2D eigenvalue weighted by Crippen LogP contribution is 2.31. The molecule has 1 aliphatic carbocycles. The number of hydrogen-bond acceptors (Lipinski definition) is 4. The van der Waals surface area contributed by atoms with Crippen molar-refractivity contribution in [1.29, 1.82) is 0 Å². The van der Waals surface area contributed by atoms with E-state index < -0.39 is 5.97 Å². The van der Waals surface area contributed by atoms with Gasteiger partial charge in [0.2, 0.25) is 5.91 Å². The summed E-state index contributed by atoms with van der Waals surface area (Å²) < 4.78 is 0. The third kappa shape index (κ3) is 6.70. The van der Waals surface area contributed by atoms with Crippen LogP contribution in [0.2, 0.25) is 0 Å². The number of rotatable bonds is 9. The van der Waals surface area contributed by atoms with E-state index >= 15 is 0 Å². The molecule has 0 aliphatic heterocycles. The Morgan fingerprint density at radius 2 is 1.38 bits per heavy atom. The lowest BCUT2D eigenvalue weighted by Gasteiger charge is -2.30. The first-order valence-electron chi connectivity index (χ1n) is 13.0. The smallest absolute Gasteiger partial charge is 0.323 e. The summed E-state index contributed by atoms with van der Waals surface area (Å²) in [5.74, 6) is -0.704. The fourth-order valence-corrected chi connectivity index (χ4v) is 5.00. The van der Waals surface area contributed by atoms with Crippen LogP contribution in [0.15, 0.2) is 72.8 Å². The number of carbonyl (C=O) groups excluding carboxylic acids is 1. The molecule has 6 heteroatoms. The maximum atomic E-state index is 13.8. The molecular weight excluding hydrogens is 462 g/mol. The lowest BCUT2D eigenvalue weighted by molar-refractivity contribution is -0.135. The van der Waals surface area contributed by atoms with Crippen LogP contribution in [0, 0.1) is 5.92 Å². The van der Waals surface area contributed by atoms with Crippen molar-refractivity contribution >= 4 is 28.9 Å². The van der Waals surface area contributed by atoms with Crippen molar-refractivity contribution in [3.63, 3.8) is 0 Å². The van der Waals surface area contributed by atoms with Crippen molar-refractivity contribution in [3.05, 3.63) is 78.4 Å². The van der Waals surface area contributed by atoms with Gasteiger partial charge >= 0.3 is 5.97 Å². The maximum absolute atomic E-state index is 13.8. The number of aliphatic carboxylic acids is 1. The molecule has 6 nitrogen and oxygen atoms in total. The Balaban J connectivity index is 1.59. The van der Waals surface area contributed by atoms with Crippen LogP contribution in [0.4, 0.5) is 17.1 Å². The Labute approximate surface area is 220 Å². The second-order valence-electron chi connectivity index (χ2n) is 10.2. The standard InChI is InChI=1S/C31H37N3O3/c1-32(2)27-18-16-25(17-19-27)24-14-12-23(13-15-24)21-34(31(37)26-8-5-4-6-9-26)29-11-7-10-28(20-29)33(3)22-30(35)36/h7,10-20,26H,4-6,8-9,21-22H2,1-3H3,(H,35,36). The number of carboxylic acids is 1. The SMILES string of the molecule is CN(C)c1ccc(-c2ccc(CN(C(=O)C3CCCCC3)c3cccc(N(C)CC(=O)O)c3)cc2)cc1. The van der Waals surface area contributed by atoms with Crippen LogP contribution in [-0.2, 0) is 16.1 Å². The van der Waals surface area contributed by atoms with Gasteiger partial charge in [-0.25, -0.2) is 0 Å². The van der Waals surface area contributed by atoms with Crippen molar-refractivity contribution in [2.24, 2.45) is 5.92 Å². The van der Waals surface area contributed by atoms with Gasteiger partial charge in [0.15, 0.2) is 0 Å². The molecule has 0 saturated heterocycles. The van der Waals surface area contributed by atoms with Gasteiger partial charge in [-0.15, -0.1) is 0 Å². The molecular formula is C31H37N3O3. The topological polar surface area (TPSA) is 64.1 Å². The van der Waals surface area contributed by atoms with Crippen molar-refractivity contribution in [3.8, 4) is 11.1 Å². The summed E-state index contributed by atoms with van der Waals surface area (Å²) >= 11 is 0. The van der Waals surface area contributed by atoms with E-state index in [0.29, 0.717) is 6.54 Å². The van der Waals surface area contributed by atoms with Gasteiger partial charge in [-0.2, -0.15) is 0 Å². The first-order chi connectivity index (χ1) is 17.8. The molecule has 0 aromatic heterocycles.